The van der Waals surface area contributed by atoms with E-state index in [4.69, 9.17) is 17.3 Å². The highest BCUT2D eigenvalue weighted by atomic mass is 35.5. The van der Waals surface area contributed by atoms with E-state index in [-0.39, 0.29) is 11.4 Å². The number of hydrogen-bond acceptors (Lipinski definition) is 4. The fourth-order valence-electron chi connectivity index (χ4n) is 2.36. The Morgan fingerprint density at radius 1 is 1.25 bits per heavy atom. The summed E-state index contributed by atoms with van der Waals surface area (Å²) in [5.41, 5.74) is 7.11. The van der Waals surface area contributed by atoms with Crippen molar-refractivity contribution in [2.45, 2.75) is 18.4 Å². The molecule has 0 unspecified atom stereocenters. The van der Waals surface area contributed by atoms with Crippen molar-refractivity contribution >= 4 is 21.6 Å². The van der Waals surface area contributed by atoms with Crippen LogP contribution in [0, 0.1) is 6.92 Å². The summed E-state index contributed by atoms with van der Waals surface area (Å²) in [6, 6.07) is 3.24. The Morgan fingerprint density at radius 3 is 2.40 bits per heavy atom. The Morgan fingerprint density at radius 2 is 1.85 bits per heavy atom. The number of piperazine rings is 1. The summed E-state index contributed by atoms with van der Waals surface area (Å²) >= 11 is 6.02. The average molecular weight is 318 g/mol. The molecule has 0 saturated carbocycles. The maximum Gasteiger partial charge on any atom is 0.243 e. The number of nitrogens with two attached hydrogens (primary N) is 1. The average Bonchev–Trinajstić information content (AvgIpc) is 2.41. The van der Waals surface area contributed by atoms with Crippen molar-refractivity contribution in [1.29, 1.82) is 0 Å². The fraction of sp³-hybridized carbons (Fsp3) is 0.538. The first-order chi connectivity index (χ1) is 9.36. The molecule has 2 rings (SSSR count). The Hall–Kier alpha value is -0.660. The number of rotatable bonds is 3. The second-order valence-corrected chi connectivity index (χ2v) is 7.44. The highest BCUT2D eigenvalue weighted by Crippen LogP contribution is 2.27. The summed E-state index contributed by atoms with van der Waals surface area (Å²) in [4.78, 5) is 2.39. The third kappa shape index (κ3) is 2.99. The highest BCUT2D eigenvalue weighted by Gasteiger charge is 2.29. The summed E-state index contributed by atoms with van der Waals surface area (Å²) in [6.07, 6.45) is 0. The van der Waals surface area contributed by atoms with Gasteiger partial charge in [0, 0.05) is 37.7 Å². The molecule has 1 aromatic rings. The number of benzene rings is 1. The zero-order valence-corrected chi connectivity index (χ0v) is 13.3. The Balaban J connectivity index is 2.42. The molecule has 0 aromatic heterocycles. The molecule has 0 amide bonds. The molecule has 1 heterocycles. The van der Waals surface area contributed by atoms with Crippen LogP contribution in [0.5, 0.6) is 0 Å². The summed E-state index contributed by atoms with van der Waals surface area (Å²) in [5.74, 6) is 0. The van der Waals surface area contributed by atoms with Gasteiger partial charge in [0.05, 0.1) is 4.90 Å². The molecule has 1 aromatic carbocycles. The molecule has 20 heavy (non-hydrogen) atoms. The van der Waals surface area contributed by atoms with Gasteiger partial charge < -0.3 is 10.6 Å². The van der Waals surface area contributed by atoms with Crippen LogP contribution in [0.1, 0.15) is 11.1 Å². The number of halogens is 1. The van der Waals surface area contributed by atoms with Gasteiger partial charge in [0.15, 0.2) is 0 Å². The van der Waals surface area contributed by atoms with Crippen molar-refractivity contribution in [3.8, 4) is 0 Å². The van der Waals surface area contributed by atoms with Gasteiger partial charge in [-0.3, -0.25) is 0 Å². The maximum absolute atomic E-state index is 12.7. The van der Waals surface area contributed by atoms with E-state index in [1.807, 2.05) is 7.05 Å². The second-order valence-electron chi connectivity index (χ2n) is 5.10. The van der Waals surface area contributed by atoms with E-state index in [0.29, 0.717) is 23.7 Å². The molecule has 1 saturated heterocycles. The maximum atomic E-state index is 12.7. The summed E-state index contributed by atoms with van der Waals surface area (Å²) in [5, 5.41) is 0.406. The van der Waals surface area contributed by atoms with Gasteiger partial charge in [0.25, 0.3) is 0 Å². The quantitative estimate of drug-likeness (QED) is 0.904. The van der Waals surface area contributed by atoms with Crippen molar-refractivity contribution in [3.63, 3.8) is 0 Å². The monoisotopic (exact) mass is 317 g/mol. The summed E-state index contributed by atoms with van der Waals surface area (Å²) in [7, 11) is -1.52. The minimum atomic E-state index is -3.50. The standard InChI is InChI=1S/C13H20ClN3O2S/c1-10-11(9-15)7-12(14)8-13(10)20(18,19)17-5-3-16(2)4-6-17/h7-8H,3-6,9,15H2,1-2H3. The second kappa shape index (κ2) is 5.99. The van der Waals surface area contributed by atoms with E-state index in [9.17, 15) is 8.42 Å². The number of sulfonamides is 1. The molecule has 1 aliphatic rings. The van der Waals surface area contributed by atoms with Gasteiger partial charge in [-0.15, -0.1) is 0 Å². The van der Waals surface area contributed by atoms with E-state index >= 15 is 0 Å². The van der Waals surface area contributed by atoms with Gasteiger partial charge in [-0.1, -0.05) is 11.6 Å². The van der Waals surface area contributed by atoms with Crippen LogP contribution >= 0.6 is 11.6 Å². The van der Waals surface area contributed by atoms with Crippen LogP contribution in [-0.4, -0.2) is 50.8 Å². The molecule has 2 N–H and O–H groups in total. The first kappa shape index (κ1) is 15.7. The normalized spacial score (nSPS) is 18.4. The van der Waals surface area contributed by atoms with E-state index in [2.05, 4.69) is 4.90 Å². The van der Waals surface area contributed by atoms with Crippen molar-refractivity contribution < 1.29 is 8.42 Å². The van der Waals surface area contributed by atoms with Gasteiger partial charge >= 0.3 is 0 Å². The molecule has 0 radical (unpaired) electrons. The van der Waals surface area contributed by atoms with Gasteiger partial charge in [0.1, 0.15) is 0 Å². The van der Waals surface area contributed by atoms with Crippen LogP contribution in [0.15, 0.2) is 17.0 Å². The Bertz CT molecular complexity index is 596. The van der Waals surface area contributed by atoms with Gasteiger partial charge in [-0.2, -0.15) is 4.31 Å². The smallest absolute Gasteiger partial charge is 0.243 e. The number of nitrogens with zero attached hydrogens (tertiary/aromatic N) is 2. The van der Waals surface area contributed by atoms with Crippen molar-refractivity contribution in [2.75, 3.05) is 33.2 Å². The molecule has 0 bridgehead atoms. The molecular weight excluding hydrogens is 298 g/mol. The van der Waals surface area contributed by atoms with Crippen LogP contribution < -0.4 is 5.73 Å². The lowest BCUT2D eigenvalue weighted by atomic mass is 10.1. The van der Waals surface area contributed by atoms with Crippen LogP contribution in [0.25, 0.3) is 0 Å². The topological polar surface area (TPSA) is 66.6 Å². The molecule has 112 valence electrons. The fourth-order valence-corrected chi connectivity index (χ4v) is 4.38. The number of hydrogen-bond donors (Lipinski definition) is 1. The molecule has 7 heteroatoms. The van der Waals surface area contributed by atoms with E-state index in [0.717, 1.165) is 18.7 Å². The van der Waals surface area contributed by atoms with Crippen molar-refractivity contribution in [3.05, 3.63) is 28.3 Å². The Labute approximate surface area is 125 Å². The lowest BCUT2D eigenvalue weighted by Gasteiger charge is -2.32. The molecule has 0 atom stereocenters. The van der Waals surface area contributed by atoms with Gasteiger partial charge in [-0.05, 0) is 37.2 Å². The minimum Gasteiger partial charge on any atom is -0.326 e. The third-order valence-corrected chi connectivity index (χ3v) is 5.98. The molecule has 0 spiro atoms. The predicted molar refractivity (Wildman–Crippen MR) is 80.3 cm³/mol. The van der Waals surface area contributed by atoms with E-state index in [1.54, 1.807) is 13.0 Å². The van der Waals surface area contributed by atoms with Gasteiger partial charge in [0.2, 0.25) is 10.0 Å². The lowest BCUT2D eigenvalue weighted by molar-refractivity contribution is 0.222. The van der Waals surface area contributed by atoms with Crippen molar-refractivity contribution in [2.24, 2.45) is 5.73 Å². The summed E-state index contributed by atoms with van der Waals surface area (Å²) < 4.78 is 27.0. The predicted octanol–water partition coefficient (Wildman–Crippen LogP) is 1.04. The lowest BCUT2D eigenvalue weighted by Crippen LogP contribution is -2.47. The molecule has 1 fully saturated rings. The summed E-state index contributed by atoms with van der Waals surface area (Å²) in [6.45, 7) is 4.54. The van der Waals surface area contributed by atoms with E-state index in [1.165, 1.54) is 10.4 Å². The van der Waals surface area contributed by atoms with Gasteiger partial charge in [-0.25, -0.2) is 8.42 Å². The SMILES string of the molecule is Cc1c(CN)cc(Cl)cc1S(=O)(=O)N1CCN(C)CC1. The Kier molecular flexibility index (Phi) is 4.71. The minimum absolute atomic E-state index is 0.273. The zero-order valence-electron chi connectivity index (χ0n) is 11.8. The molecule has 0 aliphatic carbocycles. The first-order valence-electron chi connectivity index (χ1n) is 6.54. The first-order valence-corrected chi connectivity index (χ1v) is 8.36. The van der Waals surface area contributed by atoms with Crippen molar-refractivity contribution in [1.82, 2.24) is 9.21 Å². The third-order valence-electron chi connectivity index (χ3n) is 3.73. The van der Waals surface area contributed by atoms with Crippen LogP contribution in [0.4, 0.5) is 0 Å². The number of likely N-dealkylation sites (N-methyl/N-ethyl adjacent to an activating group) is 1. The zero-order chi connectivity index (χ0) is 14.9. The molecule has 5 nitrogen and oxygen atoms in total. The van der Waals surface area contributed by atoms with Crippen LogP contribution in [0.2, 0.25) is 5.02 Å². The molecular formula is C13H20ClN3O2S. The van der Waals surface area contributed by atoms with E-state index < -0.39 is 10.0 Å². The largest absolute Gasteiger partial charge is 0.326 e. The molecule has 1 aliphatic heterocycles. The van der Waals surface area contributed by atoms with Crippen LogP contribution in [0.3, 0.4) is 0 Å². The van der Waals surface area contributed by atoms with Crippen LogP contribution in [-0.2, 0) is 16.6 Å². The highest BCUT2D eigenvalue weighted by molar-refractivity contribution is 7.89.